The van der Waals surface area contributed by atoms with Gasteiger partial charge in [-0.1, -0.05) is 30.3 Å². The third-order valence-corrected chi connectivity index (χ3v) is 5.11. The first kappa shape index (κ1) is 20.6. The topological polar surface area (TPSA) is 78.5 Å². The van der Waals surface area contributed by atoms with Crippen LogP contribution in [0.5, 0.6) is 0 Å². The Hall–Kier alpha value is -3.15. The summed E-state index contributed by atoms with van der Waals surface area (Å²) in [5, 5.41) is 5.75. The summed E-state index contributed by atoms with van der Waals surface area (Å²) >= 11 is 0. The molecule has 1 unspecified atom stereocenters. The molecule has 1 atom stereocenters. The normalized spacial score (nSPS) is 16.2. The maximum atomic E-state index is 12.5. The summed E-state index contributed by atoms with van der Waals surface area (Å²) in [4.78, 5) is 38.4. The molecule has 1 fully saturated rings. The van der Waals surface area contributed by atoms with E-state index in [0.717, 1.165) is 6.42 Å². The second kappa shape index (κ2) is 9.37. The first-order chi connectivity index (χ1) is 13.9. The number of carbonyl (C=O) groups is 3. The number of benzene rings is 2. The first-order valence-corrected chi connectivity index (χ1v) is 9.96. The summed E-state index contributed by atoms with van der Waals surface area (Å²) in [6, 6.07) is 16.9. The van der Waals surface area contributed by atoms with Gasteiger partial charge in [0.1, 0.15) is 0 Å². The molecule has 1 aliphatic heterocycles. The van der Waals surface area contributed by atoms with Crippen molar-refractivity contribution in [2.24, 2.45) is 5.92 Å². The van der Waals surface area contributed by atoms with Gasteiger partial charge in [-0.2, -0.15) is 0 Å². The number of hydrogen-bond acceptors (Lipinski definition) is 3. The van der Waals surface area contributed by atoms with Crippen LogP contribution in [0.2, 0.25) is 0 Å². The van der Waals surface area contributed by atoms with E-state index in [1.165, 1.54) is 5.56 Å². The molecule has 0 aromatic heterocycles. The van der Waals surface area contributed by atoms with Crippen LogP contribution in [0, 0.1) is 5.92 Å². The van der Waals surface area contributed by atoms with E-state index in [4.69, 9.17) is 0 Å². The largest absolute Gasteiger partial charge is 0.352 e. The van der Waals surface area contributed by atoms with Gasteiger partial charge in [0.05, 0.1) is 5.92 Å². The van der Waals surface area contributed by atoms with Crippen molar-refractivity contribution >= 4 is 23.4 Å². The Kier molecular flexibility index (Phi) is 6.65. The SMILES string of the molecule is CC(C)N1CC(C(=O)Nc2ccc(C(=O)NCCc3ccccc3)cc2)CC1=O. The molecule has 1 saturated heterocycles. The zero-order valence-corrected chi connectivity index (χ0v) is 16.9. The van der Waals surface area contributed by atoms with Gasteiger partial charge in [0.2, 0.25) is 11.8 Å². The first-order valence-electron chi connectivity index (χ1n) is 9.96. The van der Waals surface area contributed by atoms with E-state index in [1.54, 1.807) is 29.2 Å². The molecule has 0 saturated carbocycles. The fourth-order valence-electron chi connectivity index (χ4n) is 3.42. The molecule has 2 N–H and O–H groups in total. The molecule has 6 nitrogen and oxygen atoms in total. The van der Waals surface area contributed by atoms with Crippen molar-refractivity contribution in [3.63, 3.8) is 0 Å². The van der Waals surface area contributed by atoms with Gasteiger partial charge in [-0.3, -0.25) is 14.4 Å². The maximum absolute atomic E-state index is 12.5. The Labute approximate surface area is 171 Å². The number of carbonyl (C=O) groups excluding carboxylic acids is 3. The van der Waals surface area contributed by atoms with Crippen LogP contribution in [0.4, 0.5) is 5.69 Å². The van der Waals surface area contributed by atoms with Crippen molar-refractivity contribution in [1.82, 2.24) is 10.2 Å². The van der Waals surface area contributed by atoms with Crippen LogP contribution in [0.25, 0.3) is 0 Å². The van der Waals surface area contributed by atoms with E-state index >= 15 is 0 Å². The maximum Gasteiger partial charge on any atom is 0.251 e. The van der Waals surface area contributed by atoms with Gasteiger partial charge in [-0.25, -0.2) is 0 Å². The Bertz CT molecular complexity index is 863. The highest BCUT2D eigenvalue weighted by Gasteiger charge is 2.35. The summed E-state index contributed by atoms with van der Waals surface area (Å²) < 4.78 is 0. The van der Waals surface area contributed by atoms with Crippen LogP contribution in [0.3, 0.4) is 0 Å². The fourth-order valence-corrected chi connectivity index (χ4v) is 3.42. The Balaban J connectivity index is 1.49. The number of rotatable bonds is 7. The highest BCUT2D eigenvalue weighted by molar-refractivity contribution is 5.98. The molecular weight excluding hydrogens is 366 g/mol. The van der Waals surface area contributed by atoms with Crippen LogP contribution in [0.15, 0.2) is 54.6 Å². The number of anilines is 1. The van der Waals surface area contributed by atoms with Gasteiger partial charge in [-0.15, -0.1) is 0 Å². The van der Waals surface area contributed by atoms with Crippen molar-refractivity contribution in [3.05, 3.63) is 65.7 Å². The standard InChI is InChI=1S/C23H27N3O3/c1-16(2)26-15-19(14-21(26)27)23(29)25-20-10-8-18(9-11-20)22(28)24-13-12-17-6-4-3-5-7-17/h3-11,16,19H,12-15H2,1-2H3,(H,24,28)(H,25,29). The second-order valence-electron chi connectivity index (χ2n) is 7.60. The van der Waals surface area contributed by atoms with Gasteiger partial charge in [0.15, 0.2) is 0 Å². The molecule has 6 heteroatoms. The van der Waals surface area contributed by atoms with Crippen molar-refractivity contribution in [2.75, 3.05) is 18.4 Å². The van der Waals surface area contributed by atoms with Crippen LogP contribution in [-0.2, 0) is 16.0 Å². The van der Waals surface area contributed by atoms with Gasteiger partial charge in [0, 0.05) is 36.8 Å². The van der Waals surface area contributed by atoms with Crippen molar-refractivity contribution in [2.45, 2.75) is 32.7 Å². The van der Waals surface area contributed by atoms with E-state index in [1.807, 2.05) is 44.2 Å². The van der Waals surface area contributed by atoms with Crippen molar-refractivity contribution < 1.29 is 14.4 Å². The Morgan fingerprint density at radius 2 is 1.76 bits per heavy atom. The molecule has 2 aromatic carbocycles. The predicted molar refractivity (Wildman–Crippen MR) is 113 cm³/mol. The average molecular weight is 393 g/mol. The Morgan fingerprint density at radius 1 is 1.07 bits per heavy atom. The van der Waals surface area contributed by atoms with Crippen LogP contribution >= 0.6 is 0 Å². The molecule has 0 spiro atoms. The molecule has 3 amide bonds. The minimum absolute atomic E-state index is 0.0164. The second-order valence-corrected chi connectivity index (χ2v) is 7.60. The van der Waals surface area contributed by atoms with Crippen LogP contribution in [-0.4, -0.2) is 41.8 Å². The summed E-state index contributed by atoms with van der Waals surface area (Å²) in [7, 11) is 0. The third-order valence-electron chi connectivity index (χ3n) is 5.11. The number of amides is 3. The molecule has 3 rings (SSSR count). The lowest BCUT2D eigenvalue weighted by Crippen LogP contribution is -2.33. The number of likely N-dealkylation sites (tertiary alicyclic amines) is 1. The summed E-state index contributed by atoms with van der Waals surface area (Å²) in [5.41, 5.74) is 2.33. The van der Waals surface area contributed by atoms with Gasteiger partial charge < -0.3 is 15.5 Å². The highest BCUT2D eigenvalue weighted by Crippen LogP contribution is 2.22. The molecular formula is C23H27N3O3. The summed E-state index contributed by atoms with van der Waals surface area (Å²) in [5.74, 6) is -0.636. The minimum atomic E-state index is -0.342. The lowest BCUT2D eigenvalue weighted by molar-refractivity contribution is -0.129. The quantitative estimate of drug-likeness (QED) is 0.759. The van der Waals surface area contributed by atoms with E-state index in [9.17, 15) is 14.4 Å². The molecule has 0 aliphatic carbocycles. The minimum Gasteiger partial charge on any atom is -0.352 e. The lowest BCUT2D eigenvalue weighted by atomic mass is 10.1. The average Bonchev–Trinajstić information content (AvgIpc) is 3.11. The van der Waals surface area contributed by atoms with Crippen molar-refractivity contribution in [1.29, 1.82) is 0 Å². The van der Waals surface area contributed by atoms with E-state index in [-0.39, 0.29) is 36.1 Å². The molecule has 0 bridgehead atoms. The molecule has 2 aromatic rings. The number of hydrogen-bond donors (Lipinski definition) is 2. The van der Waals surface area contributed by atoms with E-state index in [0.29, 0.717) is 24.3 Å². The predicted octanol–water partition coefficient (Wildman–Crippen LogP) is 2.85. The van der Waals surface area contributed by atoms with Crippen LogP contribution < -0.4 is 10.6 Å². The van der Waals surface area contributed by atoms with Crippen molar-refractivity contribution in [3.8, 4) is 0 Å². The number of nitrogens with zero attached hydrogens (tertiary/aromatic N) is 1. The van der Waals surface area contributed by atoms with Gasteiger partial charge in [-0.05, 0) is 50.1 Å². The third kappa shape index (κ3) is 5.44. The highest BCUT2D eigenvalue weighted by atomic mass is 16.2. The zero-order chi connectivity index (χ0) is 20.8. The lowest BCUT2D eigenvalue weighted by Gasteiger charge is -2.20. The van der Waals surface area contributed by atoms with E-state index in [2.05, 4.69) is 10.6 Å². The van der Waals surface area contributed by atoms with Crippen LogP contribution in [0.1, 0.15) is 36.2 Å². The van der Waals surface area contributed by atoms with Gasteiger partial charge >= 0.3 is 0 Å². The van der Waals surface area contributed by atoms with Gasteiger partial charge in [0.25, 0.3) is 5.91 Å². The smallest absolute Gasteiger partial charge is 0.251 e. The summed E-state index contributed by atoms with van der Waals surface area (Å²) in [6.45, 7) is 4.90. The number of nitrogens with one attached hydrogen (secondary N) is 2. The molecule has 1 heterocycles. The molecule has 152 valence electrons. The zero-order valence-electron chi connectivity index (χ0n) is 16.9. The summed E-state index contributed by atoms with van der Waals surface area (Å²) in [6.07, 6.45) is 1.01. The molecule has 0 radical (unpaired) electrons. The molecule has 1 aliphatic rings. The van der Waals surface area contributed by atoms with E-state index < -0.39 is 0 Å². The molecule has 29 heavy (non-hydrogen) atoms. The Morgan fingerprint density at radius 3 is 2.38 bits per heavy atom. The monoisotopic (exact) mass is 393 g/mol. The fraction of sp³-hybridized carbons (Fsp3) is 0.348.